The Hall–Kier alpha value is -2.38. The normalized spacial score (nSPS) is 11.1. The standard InChI is InChI=1S/C16H18N2O4S/c1-11-3-5-12(6-4-11)10-18-16(19)13-7-8-14(22-2)15(9-13)23(17,20)21/h3-9H,10H2,1-2H3,(H,18,19)(H2,17,20,21). The van der Waals surface area contributed by atoms with Gasteiger partial charge in [-0.15, -0.1) is 0 Å². The van der Waals surface area contributed by atoms with Crippen molar-refractivity contribution in [1.82, 2.24) is 5.32 Å². The first-order valence-electron chi connectivity index (χ1n) is 6.86. The monoisotopic (exact) mass is 334 g/mol. The molecular weight excluding hydrogens is 316 g/mol. The number of carbonyl (C=O) groups excluding carboxylic acids is 1. The first-order valence-corrected chi connectivity index (χ1v) is 8.40. The molecule has 2 aromatic rings. The molecule has 0 heterocycles. The number of hydrogen-bond donors (Lipinski definition) is 2. The number of sulfonamides is 1. The SMILES string of the molecule is COc1ccc(C(=O)NCc2ccc(C)cc2)cc1S(N)(=O)=O. The van der Waals surface area contributed by atoms with Gasteiger partial charge in [-0.3, -0.25) is 4.79 Å². The third kappa shape index (κ3) is 4.30. The number of rotatable bonds is 5. The van der Waals surface area contributed by atoms with Crippen LogP contribution in [0.4, 0.5) is 0 Å². The maximum absolute atomic E-state index is 12.2. The average molecular weight is 334 g/mol. The molecule has 0 aliphatic heterocycles. The van der Waals surface area contributed by atoms with Gasteiger partial charge >= 0.3 is 0 Å². The Labute approximate surface area is 135 Å². The number of methoxy groups -OCH3 is 1. The summed E-state index contributed by atoms with van der Waals surface area (Å²) in [5.41, 5.74) is 2.28. The zero-order chi connectivity index (χ0) is 17.0. The van der Waals surface area contributed by atoms with Crippen LogP contribution in [0.15, 0.2) is 47.4 Å². The molecule has 0 bridgehead atoms. The van der Waals surface area contributed by atoms with Crippen molar-refractivity contribution in [3.8, 4) is 5.75 Å². The fraction of sp³-hybridized carbons (Fsp3) is 0.188. The van der Waals surface area contributed by atoms with Crippen LogP contribution in [0.2, 0.25) is 0 Å². The van der Waals surface area contributed by atoms with Gasteiger partial charge in [-0.25, -0.2) is 13.6 Å². The van der Waals surface area contributed by atoms with Crippen molar-refractivity contribution in [2.75, 3.05) is 7.11 Å². The van der Waals surface area contributed by atoms with Crippen molar-refractivity contribution in [1.29, 1.82) is 0 Å². The predicted octanol–water partition coefficient (Wildman–Crippen LogP) is 1.58. The van der Waals surface area contributed by atoms with Crippen molar-refractivity contribution in [2.24, 2.45) is 5.14 Å². The summed E-state index contributed by atoms with van der Waals surface area (Å²) in [5, 5.41) is 7.88. The molecule has 0 unspecified atom stereocenters. The maximum atomic E-state index is 12.2. The van der Waals surface area contributed by atoms with E-state index in [9.17, 15) is 13.2 Å². The Bertz CT molecular complexity index is 814. The van der Waals surface area contributed by atoms with Gasteiger partial charge in [0.1, 0.15) is 10.6 Å². The lowest BCUT2D eigenvalue weighted by atomic mass is 10.1. The number of primary sulfonamides is 1. The highest BCUT2D eigenvalue weighted by atomic mass is 32.2. The van der Waals surface area contributed by atoms with Crippen LogP contribution < -0.4 is 15.2 Å². The molecule has 0 aliphatic carbocycles. The minimum absolute atomic E-state index is 0.0996. The minimum atomic E-state index is -3.98. The Balaban J connectivity index is 2.18. The lowest BCUT2D eigenvalue weighted by Gasteiger charge is -2.10. The molecule has 3 N–H and O–H groups in total. The number of amides is 1. The van der Waals surface area contributed by atoms with Gasteiger partial charge in [-0.1, -0.05) is 29.8 Å². The molecule has 2 aromatic carbocycles. The van der Waals surface area contributed by atoms with Gasteiger partial charge in [-0.2, -0.15) is 0 Å². The highest BCUT2D eigenvalue weighted by Crippen LogP contribution is 2.23. The first kappa shape index (κ1) is 17.0. The summed E-state index contributed by atoms with van der Waals surface area (Å²) in [7, 11) is -2.64. The van der Waals surface area contributed by atoms with Crippen LogP contribution >= 0.6 is 0 Å². The second kappa shape index (κ2) is 6.80. The molecule has 6 nitrogen and oxygen atoms in total. The molecule has 122 valence electrons. The summed E-state index contributed by atoms with van der Waals surface area (Å²) in [6.45, 7) is 2.32. The fourth-order valence-electron chi connectivity index (χ4n) is 2.03. The minimum Gasteiger partial charge on any atom is -0.495 e. The summed E-state index contributed by atoms with van der Waals surface area (Å²) < 4.78 is 28.1. The van der Waals surface area contributed by atoms with Gasteiger partial charge in [0.25, 0.3) is 5.91 Å². The molecule has 7 heteroatoms. The van der Waals surface area contributed by atoms with E-state index in [0.717, 1.165) is 11.1 Å². The van der Waals surface area contributed by atoms with Crippen LogP contribution in [-0.4, -0.2) is 21.4 Å². The zero-order valence-corrected chi connectivity index (χ0v) is 13.7. The van der Waals surface area contributed by atoms with Gasteiger partial charge in [0, 0.05) is 12.1 Å². The Morgan fingerprint density at radius 3 is 2.39 bits per heavy atom. The van der Waals surface area contributed by atoms with Crippen LogP contribution in [0.25, 0.3) is 0 Å². The second-order valence-corrected chi connectivity index (χ2v) is 6.61. The van der Waals surface area contributed by atoms with E-state index in [2.05, 4.69) is 5.32 Å². The van der Waals surface area contributed by atoms with Crippen LogP contribution in [-0.2, 0) is 16.6 Å². The molecule has 0 radical (unpaired) electrons. The summed E-state index contributed by atoms with van der Waals surface area (Å²) in [6, 6.07) is 11.8. The van der Waals surface area contributed by atoms with Crippen molar-refractivity contribution < 1.29 is 17.9 Å². The highest BCUT2D eigenvalue weighted by Gasteiger charge is 2.17. The average Bonchev–Trinajstić information content (AvgIpc) is 2.52. The summed E-state index contributed by atoms with van der Waals surface area (Å²) in [6.07, 6.45) is 0. The van der Waals surface area contributed by atoms with Gasteiger partial charge in [0.2, 0.25) is 10.0 Å². The number of carbonyl (C=O) groups is 1. The van der Waals surface area contributed by atoms with Gasteiger partial charge in [0.15, 0.2) is 0 Å². The van der Waals surface area contributed by atoms with E-state index in [4.69, 9.17) is 9.88 Å². The van der Waals surface area contributed by atoms with Crippen molar-refractivity contribution in [2.45, 2.75) is 18.4 Å². The third-order valence-corrected chi connectivity index (χ3v) is 4.24. The van der Waals surface area contributed by atoms with Gasteiger partial charge in [0.05, 0.1) is 7.11 Å². The number of benzene rings is 2. The van der Waals surface area contributed by atoms with E-state index in [1.54, 1.807) is 0 Å². The van der Waals surface area contributed by atoms with Crippen molar-refractivity contribution in [3.63, 3.8) is 0 Å². The molecule has 1 amide bonds. The number of aryl methyl sites for hydroxylation is 1. The molecule has 2 rings (SSSR count). The van der Waals surface area contributed by atoms with E-state index in [1.807, 2.05) is 31.2 Å². The van der Waals surface area contributed by atoms with Crippen molar-refractivity contribution >= 4 is 15.9 Å². The number of nitrogens with one attached hydrogen (secondary N) is 1. The number of hydrogen-bond acceptors (Lipinski definition) is 4. The van der Waals surface area contributed by atoms with E-state index in [-0.39, 0.29) is 16.2 Å². The smallest absolute Gasteiger partial charge is 0.251 e. The van der Waals surface area contributed by atoms with E-state index in [1.165, 1.54) is 25.3 Å². The third-order valence-electron chi connectivity index (χ3n) is 3.31. The van der Waals surface area contributed by atoms with Crippen LogP contribution in [0.1, 0.15) is 21.5 Å². The largest absolute Gasteiger partial charge is 0.495 e. The lowest BCUT2D eigenvalue weighted by molar-refractivity contribution is 0.0950. The van der Waals surface area contributed by atoms with E-state index >= 15 is 0 Å². The molecule has 0 saturated heterocycles. The fourth-order valence-corrected chi connectivity index (χ4v) is 2.75. The molecule has 0 aromatic heterocycles. The van der Waals surface area contributed by atoms with Crippen LogP contribution in [0, 0.1) is 6.92 Å². The summed E-state index contributed by atoms with van der Waals surface area (Å²) >= 11 is 0. The molecule has 0 atom stereocenters. The van der Waals surface area contributed by atoms with E-state index < -0.39 is 15.9 Å². The Morgan fingerprint density at radius 1 is 1.17 bits per heavy atom. The van der Waals surface area contributed by atoms with E-state index in [0.29, 0.717) is 6.54 Å². The highest BCUT2D eigenvalue weighted by molar-refractivity contribution is 7.89. The lowest BCUT2D eigenvalue weighted by Crippen LogP contribution is -2.23. The zero-order valence-electron chi connectivity index (χ0n) is 12.9. The molecule has 23 heavy (non-hydrogen) atoms. The van der Waals surface area contributed by atoms with Crippen molar-refractivity contribution in [3.05, 3.63) is 59.2 Å². The molecule has 0 fully saturated rings. The quantitative estimate of drug-likeness (QED) is 0.867. The Kier molecular flexibility index (Phi) is 5.02. The first-order chi connectivity index (χ1) is 10.8. The predicted molar refractivity (Wildman–Crippen MR) is 86.7 cm³/mol. The molecular formula is C16H18N2O4S. The van der Waals surface area contributed by atoms with Crippen LogP contribution in [0.3, 0.4) is 0 Å². The summed E-state index contributed by atoms with van der Waals surface area (Å²) in [5.74, 6) is -0.291. The van der Waals surface area contributed by atoms with Gasteiger partial charge < -0.3 is 10.1 Å². The summed E-state index contributed by atoms with van der Waals surface area (Å²) in [4.78, 5) is 12.0. The maximum Gasteiger partial charge on any atom is 0.251 e. The number of nitrogens with two attached hydrogens (primary N) is 1. The van der Waals surface area contributed by atoms with Crippen LogP contribution in [0.5, 0.6) is 5.75 Å². The Morgan fingerprint density at radius 2 is 1.83 bits per heavy atom. The molecule has 0 aliphatic rings. The van der Waals surface area contributed by atoms with Gasteiger partial charge in [-0.05, 0) is 30.7 Å². The number of ether oxygens (including phenoxy) is 1. The molecule has 0 saturated carbocycles. The second-order valence-electron chi connectivity index (χ2n) is 5.08. The molecule has 0 spiro atoms. The topological polar surface area (TPSA) is 98.5 Å².